The molecule has 1 aliphatic rings. The highest BCUT2D eigenvalue weighted by Gasteiger charge is 2.40. The van der Waals surface area contributed by atoms with E-state index in [9.17, 15) is 13.4 Å². The van der Waals surface area contributed by atoms with E-state index in [-0.39, 0.29) is 17.2 Å². The van der Waals surface area contributed by atoms with Crippen molar-refractivity contribution in [3.63, 3.8) is 0 Å². The van der Waals surface area contributed by atoms with Crippen molar-refractivity contribution in [1.29, 1.82) is 0 Å². The number of carbonyl (C=O) groups is 1. The maximum absolute atomic E-state index is 13.3. The molecular formula is C19H29FN2O3S. The van der Waals surface area contributed by atoms with Crippen LogP contribution in [0.3, 0.4) is 0 Å². The molecule has 0 radical (unpaired) electrons. The Morgan fingerprint density at radius 1 is 1.23 bits per heavy atom. The zero-order valence-electron chi connectivity index (χ0n) is 16.2. The Morgan fingerprint density at radius 2 is 1.77 bits per heavy atom. The van der Waals surface area contributed by atoms with Crippen LogP contribution in [0.5, 0.6) is 0 Å². The van der Waals surface area contributed by atoms with Crippen LogP contribution in [-0.4, -0.2) is 39.1 Å². The molecule has 1 fully saturated rings. The molecule has 0 aromatic heterocycles. The van der Waals surface area contributed by atoms with E-state index in [4.69, 9.17) is 4.74 Å². The van der Waals surface area contributed by atoms with Crippen LogP contribution >= 0.6 is 0 Å². The van der Waals surface area contributed by atoms with Crippen molar-refractivity contribution < 1.29 is 18.1 Å². The van der Waals surface area contributed by atoms with Gasteiger partial charge in [0, 0.05) is 18.3 Å². The molecule has 2 rings (SSSR count). The van der Waals surface area contributed by atoms with Crippen molar-refractivity contribution >= 4 is 17.1 Å². The minimum absolute atomic E-state index is 0.0452. The molecule has 1 unspecified atom stereocenters. The largest absolute Gasteiger partial charge is 0.444 e. The van der Waals surface area contributed by atoms with E-state index in [1.165, 1.54) is 12.1 Å². The van der Waals surface area contributed by atoms with Crippen molar-refractivity contribution in [3.8, 4) is 0 Å². The van der Waals surface area contributed by atoms with Crippen LogP contribution in [-0.2, 0) is 21.3 Å². The van der Waals surface area contributed by atoms with Crippen LogP contribution < -0.4 is 4.72 Å². The Hall–Kier alpha value is -1.47. The van der Waals surface area contributed by atoms with Crippen LogP contribution in [0.4, 0.5) is 9.18 Å². The van der Waals surface area contributed by atoms with Gasteiger partial charge in [0.2, 0.25) is 0 Å². The lowest BCUT2D eigenvalue weighted by Crippen LogP contribution is -2.54. The molecule has 1 aliphatic heterocycles. The highest BCUT2D eigenvalue weighted by atomic mass is 32.2. The molecule has 1 saturated heterocycles. The average molecular weight is 385 g/mol. The third-order valence-electron chi connectivity index (χ3n) is 4.39. The zero-order valence-corrected chi connectivity index (χ0v) is 17.0. The first-order valence-corrected chi connectivity index (χ1v) is 10.2. The first-order valence-electron chi connectivity index (χ1n) is 8.95. The molecule has 1 aromatic rings. The number of nitrogens with zero attached hydrogens (tertiary/aromatic N) is 1. The van der Waals surface area contributed by atoms with Gasteiger partial charge in [-0.3, -0.25) is 0 Å². The Morgan fingerprint density at radius 3 is 2.23 bits per heavy atom. The van der Waals surface area contributed by atoms with Gasteiger partial charge >= 0.3 is 6.09 Å². The molecule has 5 nitrogen and oxygen atoms in total. The summed E-state index contributed by atoms with van der Waals surface area (Å²) in [6.45, 7) is 10.2. The minimum Gasteiger partial charge on any atom is -0.444 e. The summed E-state index contributed by atoms with van der Waals surface area (Å²) in [4.78, 5) is 14.0. The van der Waals surface area contributed by atoms with Crippen molar-refractivity contribution in [1.82, 2.24) is 9.62 Å². The summed E-state index contributed by atoms with van der Waals surface area (Å²) in [7, 11) is -1.23. The molecule has 0 bridgehead atoms. The third-order valence-corrected chi connectivity index (χ3v) is 5.84. The van der Waals surface area contributed by atoms with E-state index in [0.29, 0.717) is 25.9 Å². The van der Waals surface area contributed by atoms with Gasteiger partial charge in [-0.25, -0.2) is 18.1 Å². The molecule has 7 heteroatoms. The normalized spacial score (nSPS) is 18.7. The number of ether oxygens (including phenoxy) is 1. The Labute approximate surface area is 157 Å². The molecule has 1 aromatic carbocycles. The number of carbonyl (C=O) groups excluding carboxylic acids is 1. The Kier molecular flexibility index (Phi) is 6.45. The summed E-state index contributed by atoms with van der Waals surface area (Å²) in [5, 5.41) is -0.0452. The fourth-order valence-electron chi connectivity index (χ4n) is 2.93. The number of hydrogen-bond acceptors (Lipinski definition) is 3. The van der Waals surface area contributed by atoms with Crippen LogP contribution in [0.15, 0.2) is 24.3 Å². The number of rotatable bonds is 4. The quantitative estimate of drug-likeness (QED) is 0.861. The molecule has 0 aliphatic carbocycles. The highest BCUT2D eigenvalue weighted by molar-refractivity contribution is 7.83. The van der Waals surface area contributed by atoms with Crippen LogP contribution in [0.1, 0.15) is 53.0 Å². The SMILES string of the molecule is CC(C)S(=O)NC1(c2ccc(F)cc2)CCN(C(=O)OC(C)(C)C)CC1. The van der Waals surface area contributed by atoms with E-state index in [2.05, 4.69) is 4.72 Å². The van der Waals surface area contributed by atoms with Gasteiger partial charge in [0.1, 0.15) is 11.4 Å². The highest BCUT2D eigenvalue weighted by Crippen LogP contribution is 2.34. The van der Waals surface area contributed by atoms with E-state index in [1.807, 2.05) is 34.6 Å². The van der Waals surface area contributed by atoms with Gasteiger partial charge in [-0.1, -0.05) is 12.1 Å². The Balaban J connectivity index is 2.19. The molecule has 0 spiro atoms. The smallest absolute Gasteiger partial charge is 0.410 e. The van der Waals surface area contributed by atoms with Gasteiger partial charge in [0.05, 0.1) is 16.5 Å². The van der Waals surface area contributed by atoms with Gasteiger partial charge in [0.15, 0.2) is 0 Å². The van der Waals surface area contributed by atoms with Crippen LogP contribution in [0.25, 0.3) is 0 Å². The van der Waals surface area contributed by atoms with Gasteiger partial charge in [0.25, 0.3) is 0 Å². The number of halogens is 1. The lowest BCUT2D eigenvalue weighted by atomic mass is 9.82. The van der Waals surface area contributed by atoms with E-state index >= 15 is 0 Å². The maximum atomic E-state index is 13.3. The predicted octanol–water partition coefficient (Wildman–Crippen LogP) is 3.71. The summed E-state index contributed by atoms with van der Waals surface area (Å²) in [6.07, 6.45) is 0.822. The fourth-order valence-corrected chi connectivity index (χ4v) is 3.87. The van der Waals surface area contributed by atoms with Crippen molar-refractivity contribution in [2.24, 2.45) is 0 Å². The molecular weight excluding hydrogens is 355 g/mol. The number of nitrogens with one attached hydrogen (secondary N) is 1. The van der Waals surface area contributed by atoms with Gasteiger partial charge < -0.3 is 9.64 Å². The molecule has 1 atom stereocenters. The first kappa shape index (κ1) is 20.8. The predicted molar refractivity (Wildman–Crippen MR) is 102 cm³/mol. The van der Waals surface area contributed by atoms with Gasteiger partial charge in [-0.15, -0.1) is 0 Å². The molecule has 1 heterocycles. The minimum atomic E-state index is -1.23. The summed E-state index contributed by atoms with van der Waals surface area (Å²) in [5.74, 6) is -0.305. The molecule has 1 amide bonds. The van der Waals surface area contributed by atoms with Crippen LogP contribution in [0.2, 0.25) is 0 Å². The molecule has 146 valence electrons. The molecule has 0 saturated carbocycles. The first-order chi connectivity index (χ1) is 12.0. The van der Waals surface area contributed by atoms with E-state index in [1.54, 1.807) is 17.0 Å². The van der Waals surface area contributed by atoms with Crippen LogP contribution in [0, 0.1) is 5.82 Å². The number of likely N-dealkylation sites (tertiary alicyclic amines) is 1. The summed E-state index contributed by atoms with van der Waals surface area (Å²) in [5.41, 5.74) is -0.210. The fraction of sp³-hybridized carbons (Fsp3) is 0.632. The van der Waals surface area contributed by atoms with E-state index in [0.717, 1.165) is 5.56 Å². The van der Waals surface area contributed by atoms with Gasteiger partial charge in [-0.2, -0.15) is 0 Å². The van der Waals surface area contributed by atoms with E-state index < -0.39 is 22.1 Å². The number of hydrogen-bond donors (Lipinski definition) is 1. The molecule has 1 N–H and O–H groups in total. The lowest BCUT2D eigenvalue weighted by Gasteiger charge is -2.42. The number of benzene rings is 1. The monoisotopic (exact) mass is 384 g/mol. The summed E-state index contributed by atoms with van der Waals surface area (Å²) >= 11 is 0. The number of amides is 1. The second kappa shape index (κ2) is 8.05. The van der Waals surface area contributed by atoms with Gasteiger partial charge in [-0.05, 0) is 65.2 Å². The number of piperidine rings is 1. The Bertz CT molecular complexity index is 648. The van der Waals surface area contributed by atoms with Crippen molar-refractivity contribution in [3.05, 3.63) is 35.6 Å². The second-order valence-electron chi connectivity index (χ2n) is 8.00. The summed E-state index contributed by atoms with van der Waals surface area (Å²) in [6, 6.07) is 6.28. The zero-order chi connectivity index (χ0) is 19.5. The average Bonchev–Trinajstić information content (AvgIpc) is 2.54. The summed E-state index contributed by atoms with van der Waals surface area (Å²) < 4.78 is 34.5. The lowest BCUT2D eigenvalue weighted by molar-refractivity contribution is 0.0158. The standard InChI is InChI=1S/C19H29FN2O3S/c1-14(2)26(24)21-19(15-6-8-16(20)9-7-15)10-12-22(13-11-19)17(23)25-18(3,4)5/h6-9,14,21H,10-13H2,1-5H3. The maximum Gasteiger partial charge on any atom is 0.410 e. The molecule has 26 heavy (non-hydrogen) atoms. The third kappa shape index (κ3) is 5.27. The van der Waals surface area contributed by atoms with Crippen molar-refractivity contribution in [2.45, 2.75) is 63.9 Å². The second-order valence-corrected chi connectivity index (χ2v) is 9.75. The topological polar surface area (TPSA) is 58.6 Å². The van der Waals surface area contributed by atoms with Crippen molar-refractivity contribution in [2.75, 3.05) is 13.1 Å².